The van der Waals surface area contributed by atoms with Crippen molar-refractivity contribution in [3.05, 3.63) is 102 Å². The number of amides is 2. The van der Waals surface area contributed by atoms with Crippen LogP contribution in [-0.4, -0.2) is 48.1 Å². The number of methoxy groups -OCH3 is 1. The summed E-state index contributed by atoms with van der Waals surface area (Å²) in [6.45, 7) is 0.636. The Labute approximate surface area is 201 Å². The van der Waals surface area contributed by atoms with Gasteiger partial charge in [-0.2, -0.15) is 0 Å². The number of hydrogen-bond acceptors (Lipinski definition) is 4. The third-order valence-electron chi connectivity index (χ3n) is 5.62. The Hall–Kier alpha value is -3.64. The molecule has 0 unspecified atom stereocenters. The topological polar surface area (TPSA) is 78.9 Å². The highest BCUT2D eigenvalue weighted by Gasteiger charge is 2.30. The van der Waals surface area contributed by atoms with Gasteiger partial charge in [-0.3, -0.25) is 9.59 Å². The van der Waals surface area contributed by atoms with E-state index in [1.165, 1.54) is 0 Å². The van der Waals surface area contributed by atoms with Gasteiger partial charge in [-0.1, -0.05) is 72.8 Å². The molecular weight excluding hydrogens is 428 g/mol. The molecule has 2 amide bonds. The maximum Gasteiger partial charge on any atom is 0.243 e. The van der Waals surface area contributed by atoms with Crippen LogP contribution in [0.1, 0.15) is 23.1 Å². The van der Waals surface area contributed by atoms with Gasteiger partial charge in [-0.25, -0.2) is 0 Å². The van der Waals surface area contributed by atoms with Gasteiger partial charge in [0.1, 0.15) is 11.8 Å². The lowest BCUT2D eigenvalue weighted by Crippen LogP contribution is -2.51. The number of ether oxygens (including phenoxy) is 1. The largest absolute Gasteiger partial charge is 0.497 e. The van der Waals surface area contributed by atoms with Gasteiger partial charge < -0.3 is 20.1 Å². The van der Waals surface area contributed by atoms with E-state index in [1.807, 2.05) is 84.9 Å². The van der Waals surface area contributed by atoms with E-state index in [0.717, 1.165) is 22.4 Å². The smallest absolute Gasteiger partial charge is 0.243 e. The molecule has 0 aromatic heterocycles. The van der Waals surface area contributed by atoms with Crippen LogP contribution in [0.4, 0.5) is 0 Å². The summed E-state index contributed by atoms with van der Waals surface area (Å²) in [7, 11) is 1.61. The molecule has 0 bridgehead atoms. The molecule has 34 heavy (non-hydrogen) atoms. The summed E-state index contributed by atoms with van der Waals surface area (Å²) in [4.78, 5) is 28.6. The molecule has 0 fully saturated rings. The molecule has 0 spiro atoms. The second-order valence-corrected chi connectivity index (χ2v) is 8.11. The SMILES string of the molecule is COc1ccc(CN(C(=O)Cc2ccccc2)[C@H](Cc2ccccc2)C(=O)NCCCO)cc1. The lowest BCUT2D eigenvalue weighted by atomic mass is 10.0. The fraction of sp³-hybridized carbons (Fsp3) is 0.286. The van der Waals surface area contributed by atoms with E-state index in [9.17, 15) is 9.59 Å². The summed E-state index contributed by atoms with van der Waals surface area (Å²) in [5, 5.41) is 12.0. The lowest BCUT2D eigenvalue weighted by molar-refractivity contribution is -0.140. The first kappa shape index (κ1) is 25.0. The highest BCUT2D eigenvalue weighted by atomic mass is 16.5. The van der Waals surface area contributed by atoms with Crippen molar-refractivity contribution in [1.29, 1.82) is 0 Å². The van der Waals surface area contributed by atoms with Crippen LogP contribution in [0, 0.1) is 0 Å². The zero-order chi connectivity index (χ0) is 24.2. The van der Waals surface area contributed by atoms with Crippen molar-refractivity contribution >= 4 is 11.8 Å². The van der Waals surface area contributed by atoms with E-state index in [4.69, 9.17) is 9.84 Å². The van der Waals surface area contributed by atoms with Crippen molar-refractivity contribution < 1.29 is 19.4 Å². The van der Waals surface area contributed by atoms with Crippen LogP contribution >= 0.6 is 0 Å². The number of aliphatic hydroxyl groups excluding tert-OH is 1. The van der Waals surface area contributed by atoms with E-state index in [2.05, 4.69) is 5.32 Å². The zero-order valence-corrected chi connectivity index (χ0v) is 19.5. The number of rotatable bonds is 12. The summed E-state index contributed by atoms with van der Waals surface area (Å²) in [6, 6.07) is 26.1. The van der Waals surface area contributed by atoms with Crippen LogP contribution in [0.5, 0.6) is 5.75 Å². The minimum atomic E-state index is -0.695. The number of nitrogens with zero attached hydrogens (tertiary/aromatic N) is 1. The van der Waals surface area contributed by atoms with E-state index in [-0.39, 0.29) is 24.8 Å². The van der Waals surface area contributed by atoms with E-state index in [1.54, 1.807) is 12.0 Å². The molecule has 3 rings (SSSR count). The average molecular weight is 461 g/mol. The fourth-order valence-electron chi connectivity index (χ4n) is 3.76. The molecule has 1 atom stereocenters. The van der Waals surface area contributed by atoms with Crippen LogP contribution in [0.2, 0.25) is 0 Å². The van der Waals surface area contributed by atoms with Crippen LogP contribution in [0.3, 0.4) is 0 Å². The highest BCUT2D eigenvalue weighted by molar-refractivity contribution is 5.88. The first-order chi connectivity index (χ1) is 16.6. The van der Waals surface area contributed by atoms with Crippen LogP contribution < -0.4 is 10.1 Å². The first-order valence-electron chi connectivity index (χ1n) is 11.5. The van der Waals surface area contributed by atoms with Crippen molar-refractivity contribution in [2.75, 3.05) is 20.3 Å². The molecule has 0 saturated heterocycles. The predicted octanol–water partition coefficient (Wildman–Crippen LogP) is 3.38. The van der Waals surface area contributed by atoms with Gasteiger partial charge in [0.15, 0.2) is 0 Å². The van der Waals surface area contributed by atoms with Crippen LogP contribution in [-0.2, 0) is 29.0 Å². The van der Waals surface area contributed by atoms with E-state index < -0.39 is 6.04 Å². The molecule has 0 aliphatic carbocycles. The second-order valence-electron chi connectivity index (χ2n) is 8.11. The molecule has 3 aromatic rings. The third-order valence-corrected chi connectivity index (χ3v) is 5.62. The summed E-state index contributed by atoms with van der Waals surface area (Å²) >= 11 is 0. The molecule has 0 radical (unpaired) electrons. The Bertz CT molecular complexity index is 1020. The number of benzene rings is 3. The average Bonchev–Trinajstić information content (AvgIpc) is 2.87. The van der Waals surface area contributed by atoms with Gasteiger partial charge in [0.25, 0.3) is 0 Å². The fourth-order valence-corrected chi connectivity index (χ4v) is 3.76. The van der Waals surface area contributed by atoms with Gasteiger partial charge in [-0.15, -0.1) is 0 Å². The first-order valence-corrected chi connectivity index (χ1v) is 11.5. The predicted molar refractivity (Wildman–Crippen MR) is 132 cm³/mol. The Morgan fingerprint density at radius 2 is 1.50 bits per heavy atom. The Balaban J connectivity index is 1.92. The van der Waals surface area contributed by atoms with Gasteiger partial charge in [0, 0.05) is 26.1 Å². The van der Waals surface area contributed by atoms with Crippen LogP contribution in [0.25, 0.3) is 0 Å². The third kappa shape index (κ3) is 7.46. The van der Waals surface area contributed by atoms with Gasteiger partial charge in [-0.05, 0) is 35.2 Å². The Morgan fingerprint density at radius 3 is 2.09 bits per heavy atom. The number of carbonyl (C=O) groups is 2. The summed E-state index contributed by atoms with van der Waals surface area (Å²) in [5.74, 6) is 0.376. The van der Waals surface area contributed by atoms with Crippen molar-refractivity contribution in [3.8, 4) is 5.75 Å². The molecule has 2 N–H and O–H groups in total. The number of nitrogens with one attached hydrogen (secondary N) is 1. The standard InChI is InChI=1S/C28H32N2O4/c1-34-25-15-13-24(14-16-25)21-30(27(32)20-23-11-6-3-7-12-23)26(28(33)29-17-8-18-31)19-22-9-4-2-5-10-22/h2-7,9-16,26,31H,8,17-21H2,1H3,(H,29,33)/t26-/m1/s1. The Morgan fingerprint density at radius 1 is 0.882 bits per heavy atom. The zero-order valence-electron chi connectivity index (χ0n) is 19.5. The summed E-state index contributed by atoms with van der Waals surface area (Å²) in [6.07, 6.45) is 1.05. The molecule has 6 heteroatoms. The monoisotopic (exact) mass is 460 g/mol. The molecule has 0 aliphatic heterocycles. The van der Waals surface area contributed by atoms with Gasteiger partial charge in [0.05, 0.1) is 13.5 Å². The maximum absolute atomic E-state index is 13.6. The van der Waals surface area contributed by atoms with Crippen molar-refractivity contribution in [2.24, 2.45) is 0 Å². The maximum atomic E-state index is 13.6. The molecule has 178 valence electrons. The molecule has 6 nitrogen and oxygen atoms in total. The Kier molecular flexibility index (Phi) is 9.67. The molecular formula is C28H32N2O4. The number of aliphatic hydroxyl groups is 1. The summed E-state index contributed by atoms with van der Waals surface area (Å²) in [5.41, 5.74) is 2.77. The quantitative estimate of drug-likeness (QED) is 0.406. The normalized spacial score (nSPS) is 11.5. The number of hydrogen-bond donors (Lipinski definition) is 2. The highest BCUT2D eigenvalue weighted by Crippen LogP contribution is 2.18. The minimum absolute atomic E-state index is 0.00781. The lowest BCUT2D eigenvalue weighted by Gasteiger charge is -2.31. The van der Waals surface area contributed by atoms with Crippen molar-refractivity contribution in [3.63, 3.8) is 0 Å². The van der Waals surface area contributed by atoms with E-state index >= 15 is 0 Å². The van der Waals surface area contributed by atoms with E-state index in [0.29, 0.717) is 25.9 Å². The second kappa shape index (κ2) is 13.2. The van der Waals surface area contributed by atoms with Crippen molar-refractivity contribution in [1.82, 2.24) is 10.2 Å². The molecule has 0 heterocycles. The van der Waals surface area contributed by atoms with Gasteiger partial charge in [0.2, 0.25) is 11.8 Å². The minimum Gasteiger partial charge on any atom is -0.497 e. The number of carbonyl (C=O) groups excluding carboxylic acids is 2. The molecule has 3 aromatic carbocycles. The molecule has 0 aliphatic rings. The van der Waals surface area contributed by atoms with Gasteiger partial charge >= 0.3 is 0 Å². The summed E-state index contributed by atoms with van der Waals surface area (Å²) < 4.78 is 5.26. The molecule has 0 saturated carbocycles. The van der Waals surface area contributed by atoms with Crippen molar-refractivity contribution in [2.45, 2.75) is 31.8 Å². The van der Waals surface area contributed by atoms with Crippen LogP contribution in [0.15, 0.2) is 84.9 Å².